The summed E-state index contributed by atoms with van der Waals surface area (Å²) in [5.74, 6) is 1.06. The molecule has 0 unspecified atom stereocenters. The number of nitrogens with one attached hydrogen (secondary N) is 1. The molecule has 2 heterocycles. The molecule has 1 aromatic rings. The van der Waals surface area contributed by atoms with Crippen LogP contribution < -0.4 is 5.32 Å². The van der Waals surface area contributed by atoms with Crippen LogP contribution >= 0.6 is 11.8 Å². The predicted octanol–water partition coefficient (Wildman–Crippen LogP) is 0.444. The average Bonchev–Trinajstić information content (AvgIpc) is 2.63. The third kappa shape index (κ3) is 2.45. The van der Waals surface area contributed by atoms with Crippen molar-refractivity contribution in [2.24, 2.45) is 7.05 Å². The minimum Gasteiger partial charge on any atom is -0.313 e. The van der Waals surface area contributed by atoms with Crippen LogP contribution in [-0.4, -0.2) is 38.5 Å². The third-order valence-electron chi connectivity index (χ3n) is 2.41. The highest BCUT2D eigenvalue weighted by molar-refractivity contribution is 7.99. The van der Waals surface area contributed by atoms with Gasteiger partial charge in [-0.05, 0) is 29.8 Å². The maximum Gasteiger partial charge on any atom is 0.209 e. The van der Waals surface area contributed by atoms with Gasteiger partial charge in [-0.3, -0.25) is 0 Å². The lowest BCUT2D eigenvalue weighted by Crippen LogP contribution is -2.35. The number of thioether (sulfide) groups is 1. The van der Waals surface area contributed by atoms with Gasteiger partial charge in [0.2, 0.25) is 5.16 Å². The minimum absolute atomic E-state index is 0.630. The van der Waals surface area contributed by atoms with Gasteiger partial charge in [0.25, 0.3) is 0 Å². The van der Waals surface area contributed by atoms with E-state index in [0.29, 0.717) is 6.04 Å². The molecule has 0 spiro atoms. The normalized spacial score (nSPS) is 22.5. The minimum atomic E-state index is 0.630. The number of tetrazole rings is 1. The number of nitrogens with zero attached hydrogens (tertiary/aromatic N) is 4. The molecule has 1 fully saturated rings. The Morgan fingerprint density at radius 1 is 1.57 bits per heavy atom. The van der Waals surface area contributed by atoms with Gasteiger partial charge in [0.15, 0.2) is 0 Å². The number of aromatic nitrogens is 4. The summed E-state index contributed by atoms with van der Waals surface area (Å²) in [4.78, 5) is 0. The quantitative estimate of drug-likeness (QED) is 0.739. The first kappa shape index (κ1) is 9.92. The molecule has 0 amide bonds. The highest BCUT2D eigenvalue weighted by atomic mass is 32.2. The van der Waals surface area contributed by atoms with Gasteiger partial charge in [0, 0.05) is 18.8 Å². The smallest absolute Gasteiger partial charge is 0.209 e. The molecule has 0 bridgehead atoms. The molecule has 2 rings (SSSR count). The zero-order valence-corrected chi connectivity index (χ0v) is 9.13. The second-order valence-corrected chi connectivity index (χ2v) is 4.53. The first-order valence-corrected chi connectivity index (χ1v) is 5.93. The number of hydrogen-bond donors (Lipinski definition) is 1. The number of aryl methyl sites for hydroxylation is 1. The van der Waals surface area contributed by atoms with Crippen LogP contribution in [0.2, 0.25) is 0 Å². The largest absolute Gasteiger partial charge is 0.313 e. The standard InChI is InChI=1S/C8H15N5S/c1-13-8(10-11-12-13)14-6-7-4-2-3-5-9-7/h7,9H,2-6H2,1H3/t7-/m1/s1. The van der Waals surface area contributed by atoms with E-state index in [4.69, 9.17) is 0 Å². The van der Waals surface area contributed by atoms with Gasteiger partial charge in [-0.2, -0.15) is 0 Å². The fraction of sp³-hybridized carbons (Fsp3) is 0.875. The molecule has 1 aliphatic heterocycles. The molecule has 6 heteroatoms. The van der Waals surface area contributed by atoms with Crippen LogP contribution in [0.1, 0.15) is 19.3 Å². The lowest BCUT2D eigenvalue weighted by Gasteiger charge is -2.22. The van der Waals surface area contributed by atoms with E-state index in [0.717, 1.165) is 17.5 Å². The molecule has 0 saturated carbocycles. The molecule has 0 aromatic carbocycles. The van der Waals surface area contributed by atoms with Gasteiger partial charge < -0.3 is 5.32 Å². The zero-order valence-electron chi connectivity index (χ0n) is 8.31. The molecule has 1 atom stereocenters. The first-order chi connectivity index (χ1) is 6.86. The van der Waals surface area contributed by atoms with E-state index in [9.17, 15) is 0 Å². The highest BCUT2D eigenvalue weighted by Gasteiger charge is 2.14. The third-order valence-corrected chi connectivity index (χ3v) is 3.58. The molecule has 0 aliphatic carbocycles. The summed E-state index contributed by atoms with van der Waals surface area (Å²) in [6, 6.07) is 0.630. The van der Waals surface area contributed by atoms with E-state index in [-0.39, 0.29) is 0 Å². The Morgan fingerprint density at radius 3 is 3.14 bits per heavy atom. The molecule has 78 valence electrons. The highest BCUT2D eigenvalue weighted by Crippen LogP contribution is 2.17. The van der Waals surface area contributed by atoms with E-state index >= 15 is 0 Å². The van der Waals surface area contributed by atoms with Crippen LogP contribution in [0.5, 0.6) is 0 Å². The summed E-state index contributed by atoms with van der Waals surface area (Å²) >= 11 is 1.72. The maximum absolute atomic E-state index is 3.94. The van der Waals surface area contributed by atoms with E-state index < -0.39 is 0 Å². The second-order valence-electron chi connectivity index (χ2n) is 3.54. The molecule has 1 aromatic heterocycles. The van der Waals surface area contributed by atoms with Crippen molar-refractivity contribution in [2.75, 3.05) is 12.3 Å². The van der Waals surface area contributed by atoms with E-state index in [1.54, 1.807) is 16.4 Å². The summed E-state index contributed by atoms with van der Waals surface area (Å²) in [5.41, 5.74) is 0. The van der Waals surface area contributed by atoms with Crippen molar-refractivity contribution >= 4 is 11.8 Å². The molecule has 1 saturated heterocycles. The van der Waals surface area contributed by atoms with Gasteiger partial charge >= 0.3 is 0 Å². The zero-order chi connectivity index (χ0) is 9.80. The molecular weight excluding hydrogens is 198 g/mol. The van der Waals surface area contributed by atoms with Crippen molar-refractivity contribution in [3.63, 3.8) is 0 Å². The van der Waals surface area contributed by atoms with Crippen molar-refractivity contribution in [3.8, 4) is 0 Å². The Labute approximate surface area is 87.6 Å². The Bertz CT molecular complexity index is 281. The van der Waals surface area contributed by atoms with Crippen LogP contribution in [0.25, 0.3) is 0 Å². The lowest BCUT2D eigenvalue weighted by atomic mass is 10.1. The van der Waals surface area contributed by atoms with Gasteiger partial charge in [-0.25, -0.2) is 4.68 Å². The van der Waals surface area contributed by atoms with Crippen molar-refractivity contribution < 1.29 is 0 Å². The van der Waals surface area contributed by atoms with Gasteiger partial charge in [0.1, 0.15) is 0 Å². The summed E-state index contributed by atoms with van der Waals surface area (Å²) in [6.45, 7) is 1.16. The van der Waals surface area contributed by atoms with Crippen molar-refractivity contribution in [1.29, 1.82) is 0 Å². The van der Waals surface area contributed by atoms with Crippen molar-refractivity contribution in [3.05, 3.63) is 0 Å². The summed E-state index contributed by atoms with van der Waals surface area (Å²) in [7, 11) is 1.87. The van der Waals surface area contributed by atoms with E-state index in [1.807, 2.05) is 7.05 Å². The molecular formula is C8H15N5S. The topological polar surface area (TPSA) is 55.6 Å². The van der Waals surface area contributed by atoms with E-state index in [2.05, 4.69) is 20.8 Å². The Balaban J connectivity index is 1.79. The summed E-state index contributed by atoms with van der Waals surface area (Å²) < 4.78 is 1.72. The van der Waals surface area contributed by atoms with Crippen molar-refractivity contribution in [2.45, 2.75) is 30.5 Å². The van der Waals surface area contributed by atoms with Crippen LogP contribution in [0, 0.1) is 0 Å². The maximum atomic E-state index is 3.94. The van der Waals surface area contributed by atoms with Crippen molar-refractivity contribution in [1.82, 2.24) is 25.5 Å². The van der Waals surface area contributed by atoms with Crippen LogP contribution in [0.4, 0.5) is 0 Å². The van der Waals surface area contributed by atoms with Gasteiger partial charge in [-0.15, -0.1) is 5.10 Å². The predicted molar refractivity (Wildman–Crippen MR) is 55.2 cm³/mol. The Kier molecular flexibility index (Phi) is 3.36. The SMILES string of the molecule is Cn1nnnc1SC[C@H]1CCCCN1. The number of rotatable bonds is 3. The van der Waals surface area contributed by atoms with Gasteiger partial charge in [0.05, 0.1) is 0 Å². The molecule has 1 N–H and O–H groups in total. The van der Waals surface area contributed by atoms with Crippen LogP contribution in [0.15, 0.2) is 5.16 Å². The van der Waals surface area contributed by atoms with E-state index in [1.165, 1.54) is 19.3 Å². The monoisotopic (exact) mass is 213 g/mol. The Morgan fingerprint density at radius 2 is 2.50 bits per heavy atom. The molecule has 1 aliphatic rings. The lowest BCUT2D eigenvalue weighted by molar-refractivity contribution is 0.429. The van der Waals surface area contributed by atoms with Gasteiger partial charge in [-0.1, -0.05) is 18.2 Å². The number of hydrogen-bond acceptors (Lipinski definition) is 5. The number of piperidine rings is 1. The Hall–Kier alpha value is -0.620. The fourth-order valence-corrected chi connectivity index (χ4v) is 2.54. The van der Waals surface area contributed by atoms with Crippen LogP contribution in [-0.2, 0) is 7.05 Å². The summed E-state index contributed by atoms with van der Waals surface area (Å²) in [6.07, 6.45) is 3.93. The molecule has 5 nitrogen and oxygen atoms in total. The second kappa shape index (κ2) is 4.75. The van der Waals surface area contributed by atoms with Crippen LogP contribution in [0.3, 0.4) is 0 Å². The fourth-order valence-electron chi connectivity index (χ4n) is 1.58. The molecule has 0 radical (unpaired) electrons. The molecule has 14 heavy (non-hydrogen) atoms. The summed E-state index contributed by atoms with van der Waals surface area (Å²) in [5, 5.41) is 15.7. The first-order valence-electron chi connectivity index (χ1n) is 4.95. The average molecular weight is 213 g/mol.